The van der Waals surface area contributed by atoms with Gasteiger partial charge >= 0.3 is 6.03 Å². The SMILES string of the molecule is O=C(Nc1ccncc1)c1ccccc1N1CCN(C(=O)CN2Cc3ccccc3NC2=O)CC1. The topological polar surface area (TPSA) is 97.9 Å². The maximum atomic E-state index is 13.0. The molecule has 2 N–H and O–H groups in total. The molecule has 2 aliphatic rings. The third kappa shape index (κ3) is 4.93. The van der Waals surface area contributed by atoms with E-state index in [4.69, 9.17) is 0 Å². The predicted octanol–water partition coefficient (Wildman–Crippen LogP) is 3.03. The molecule has 2 aromatic carbocycles. The summed E-state index contributed by atoms with van der Waals surface area (Å²) in [5.74, 6) is -0.274. The van der Waals surface area contributed by atoms with Crippen LogP contribution in [-0.2, 0) is 11.3 Å². The number of amides is 4. The molecule has 4 amide bonds. The fraction of sp³-hybridized carbons (Fsp3) is 0.231. The maximum Gasteiger partial charge on any atom is 0.322 e. The van der Waals surface area contributed by atoms with Gasteiger partial charge in [-0.1, -0.05) is 30.3 Å². The van der Waals surface area contributed by atoms with Crippen molar-refractivity contribution < 1.29 is 14.4 Å². The van der Waals surface area contributed by atoms with Crippen LogP contribution in [0, 0.1) is 0 Å². The number of carbonyl (C=O) groups is 3. The molecule has 3 heterocycles. The first-order valence-corrected chi connectivity index (χ1v) is 11.6. The molecule has 1 saturated heterocycles. The Hall–Kier alpha value is -4.40. The summed E-state index contributed by atoms with van der Waals surface area (Å²) < 4.78 is 0. The zero-order valence-corrected chi connectivity index (χ0v) is 19.2. The Labute approximate surface area is 203 Å². The van der Waals surface area contributed by atoms with Crippen molar-refractivity contribution in [3.05, 3.63) is 84.2 Å². The van der Waals surface area contributed by atoms with Crippen molar-refractivity contribution in [2.75, 3.05) is 48.3 Å². The van der Waals surface area contributed by atoms with Gasteiger partial charge in [0.2, 0.25) is 5.91 Å². The van der Waals surface area contributed by atoms with E-state index in [1.165, 1.54) is 4.90 Å². The Morgan fingerprint density at radius 1 is 0.914 bits per heavy atom. The number of fused-ring (bicyclic) bond motifs is 1. The summed E-state index contributed by atoms with van der Waals surface area (Å²) in [6, 6.07) is 18.3. The van der Waals surface area contributed by atoms with Gasteiger partial charge in [0.1, 0.15) is 6.54 Å². The van der Waals surface area contributed by atoms with E-state index in [-0.39, 0.29) is 24.4 Å². The second-order valence-corrected chi connectivity index (χ2v) is 8.52. The molecule has 1 aromatic heterocycles. The molecule has 2 aliphatic heterocycles. The highest BCUT2D eigenvalue weighted by molar-refractivity contribution is 6.08. The number of piperazine rings is 1. The Balaban J connectivity index is 1.20. The molecule has 0 aliphatic carbocycles. The van der Waals surface area contributed by atoms with Gasteiger partial charge in [0.15, 0.2) is 0 Å². The molecule has 0 atom stereocenters. The lowest BCUT2D eigenvalue weighted by atomic mass is 10.1. The molecular formula is C26H26N6O3. The number of hydrogen-bond acceptors (Lipinski definition) is 5. The van der Waals surface area contributed by atoms with Crippen molar-refractivity contribution in [3.63, 3.8) is 0 Å². The molecular weight excluding hydrogens is 444 g/mol. The Morgan fingerprint density at radius 3 is 2.43 bits per heavy atom. The number of para-hydroxylation sites is 2. The van der Waals surface area contributed by atoms with Gasteiger partial charge < -0.3 is 25.3 Å². The summed E-state index contributed by atoms with van der Waals surface area (Å²) >= 11 is 0. The van der Waals surface area contributed by atoms with Crippen LogP contribution in [0.2, 0.25) is 0 Å². The zero-order valence-electron chi connectivity index (χ0n) is 19.2. The standard InChI is InChI=1S/C26H26N6O3/c33-24(18-32-17-19-5-1-3-7-22(19)29-26(32)35)31-15-13-30(14-16-31)23-8-4-2-6-21(23)25(34)28-20-9-11-27-12-10-20/h1-12H,13-18H2,(H,29,35)(H,27,28,34). The number of rotatable bonds is 5. The molecule has 35 heavy (non-hydrogen) atoms. The molecule has 0 unspecified atom stereocenters. The summed E-state index contributed by atoms with van der Waals surface area (Å²) in [6.45, 7) is 2.68. The first-order chi connectivity index (χ1) is 17.1. The molecule has 3 aromatic rings. The minimum absolute atomic E-state index is 0.0328. The van der Waals surface area contributed by atoms with Crippen LogP contribution in [0.5, 0.6) is 0 Å². The third-order valence-corrected chi connectivity index (χ3v) is 6.29. The van der Waals surface area contributed by atoms with E-state index in [2.05, 4.69) is 20.5 Å². The number of carbonyl (C=O) groups excluding carboxylic acids is 3. The van der Waals surface area contributed by atoms with E-state index < -0.39 is 0 Å². The maximum absolute atomic E-state index is 13.0. The van der Waals surface area contributed by atoms with E-state index in [9.17, 15) is 14.4 Å². The van der Waals surface area contributed by atoms with Crippen LogP contribution in [-0.4, -0.2) is 65.4 Å². The average molecular weight is 471 g/mol. The highest BCUT2D eigenvalue weighted by atomic mass is 16.2. The first kappa shape index (κ1) is 22.4. The second kappa shape index (κ2) is 9.84. The van der Waals surface area contributed by atoms with Crippen LogP contribution in [0.1, 0.15) is 15.9 Å². The molecule has 9 nitrogen and oxygen atoms in total. The lowest BCUT2D eigenvalue weighted by molar-refractivity contribution is -0.132. The minimum atomic E-state index is -0.259. The highest BCUT2D eigenvalue weighted by Gasteiger charge is 2.28. The fourth-order valence-corrected chi connectivity index (χ4v) is 4.41. The van der Waals surface area contributed by atoms with E-state index in [0.29, 0.717) is 44.0 Å². The summed E-state index contributed by atoms with van der Waals surface area (Å²) in [4.78, 5) is 47.7. The molecule has 9 heteroatoms. The van der Waals surface area contributed by atoms with Gasteiger partial charge in [-0.05, 0) is 35.9 Å². The van der Waals surface area contributed by atoms with Crippen LogP contribution < -0.4 is 15.5 Å². The van der Waals surface area contributed by atoms with Gasteiger partial charge in [-0.3, -0.25) is 14.6 Å². The fourth-order valence-electron chi connectivity index (χ4n) is 4.41. The second-order valence-electron chi connectivity index (χ2n) is 8.52. The summed E-state index contributed by atoms with van der Waals surface area (Å²) in [6.07, 6.45) is 3.26. The smallest absolute Gasteiger partial charge is 0.322 e. The molecule has 0 saturated carbocycles. The number of nitrogens with zero attached hydrogens (tertiary/aromatic N) is 4. The predicted molar refractivity (Wildman–Crippen MR) is 133 cm³/mol. The van der Waals surface area contributed by atoms with Crippen molar-refractivity contribution in [2.24, 2.45) is 0 Å². The number of pyridine rings is 1. The quantitative estimate of drug-likeness (QED) is 0.597. The van der Waals surface area contributed by atoms with E-state index >= 15 is 0 Å². The summed E-state index contributed by atoms with van der Waals surface area (Å²) in [5, 5.41) is 5.76. The average Bonchev–Trinajstić information content (AvgIpc) is 2.90. The van der Waals surface area contributed by atoms with Crippen molar-refractivity contribution in [1.82, 2.24) is 14.8 Å². The normalized spacial score (nSPS) is 15.3. The largest absolute Gasteiger partial charge is 0.367 e. The van der Waals surface area contributed by atoms with E-state index in [1.807, 2.05) is 42.5 Å². The van der Waals surface area contributed by atoms with Crippen LogP contribution in [0.25, 0.3) is 0 Å². The van der Waals surface area contributed by atoms with Crippen molar-refractivity contribution in [1.29, 1.82) is 0 Å². The minimum Gasteiger partial charge on any atom is -0.367 e. The Kier molecular flexibility index (Phi) is 6.30. The molecule has 0 bridgehead atoms. The van der Waals surface area contributed by atoms with Gasteiger partial charge in [0.05, 0.1) is 12.1 Å². The molecule has 5 rings (SSSR count). The monoisotopic (exact) mass is 470 g/mol. The van der Waals surface area contributed by atoms with Gasteiger partial charge in [-0.25, -0.2) is 4.79 Å². The number of aromatic nitrogens is 1. The summed E-state index contributed by atoms with van der Waals surface area (Å²) in [5.41, 5.74) is 3.87. The van der Waals surface area contributed by atoms with E-state index in [0.717, 1.165) is 16.9 Å². The van der Waals surface area contributed by atoms with Gasteiger partial charge in [-0.15, -0.1) is 0 Å². The Morgan fingerprint density at radius 2 is 1.63 bits per heavy atom. The Bertz CT molecular complexity index is 1240. The molecule has 0 spiro atoms. The van der Waals surface area contributed by atoms with E-state index in [1.54, 1.807) is 35.5 Å². The first-order valence-electron chi connectivity index (χ1n) is 11.6. The highest BCUT2D eigenvalue weighted by Crippen LogP contribution is 2.25. The van der Waals surface area contributed by atoms with Crippen LogP contribution in [0.15, 0.2) is 73.1 Å². The summed E-state index contributed by atoms with van der Waals surface area (Å²) in [7, 11) is 0. The van der Waals surface area contributed by atoms with Gasteiger partial charge in [0, 0.05) is 55.6 Å². The number of urea groups is 1. The van der Waals surface area contributed by atoms with Crippen LogP contribution in [0.4, 0.5) is 21.9 Å². The van der Waals surface area contributed by atoms with Crippen molar-refractivity contribution in [3.8, 4) is 0 Å². The van der Waals surface area contributed by atoms with Gasteiger partial charge in [-0.2, -0.15) is 0 Å². The third-order valence-electron chi connectivity index (χ3n) is 6.29. The van der Waals surface area contributed by atoms with Gasteiger partial charge in [0.25, 0.3) is 5.91 Å². The van der Waals surface area contributed by atoms with Crippen LogP contribution >= 0.6 is 0 Å². The van der Waals surface area contributed by atoms with Crippen LogP contribution in [0.3, 0.4) is 0 Å². The number of benzene rings is 2. The zero-order chi connectivity index (χ0) is 24.2. The number of hydrogen-bond donors (Lipinski definition) is 2. The number of anilines is 3. The molecule has 1 fully saturated rings. The van der Waals surface area contributed by atoms with Crippen molar-refractivity contribution in [2.45, 2.75) is 6.54 Å². The lowest BCUT2D eigenvalue weighted by Crippen LogP contribution is -2.52. The molecule has 0 radical (unpaired) electrons. The van der Waals surface area contributed by atoms with Crippen molar-refractivity contribution >= 4 is 34.9 Å². The molecule has 178 valence electrons. The lowest BCUT2D eigenvalue weighted by Gasteiger charge is -2.38. The number of nitrogens with one attached hydrogen (secondary N) is 2.